The Balaban J connectivity index is 0. The van der Waals surface area contributed by atoms with E-state index < -0.39 is 0 Å². The van der Waals surface area contributed by atoms with E-state index in [1.54, 1.807) is 11.9 Å². The van der Waals surface area contributed by atoms with E-state index in [4.69, 9.17) is 0 Å². The van der Waals surface area contributed by atoms with Gasteiger partial charge in [0.2, 0.25) is 6.41 Å². The van der Waals surface area contributed by atoms with Crippen LogP contribution in [-0.2, 0) is 4.79 Å². The normalized spacial score (nSPS) is 7.11. The molecule has 0 N–H and O–H groups in total. The third kappa shape index (κ3) is 18.6. The molecule has 0 bridgehead atoms. The van der Waals surface area contributed by atoms with Crippen molar-refractivity contribution in [3.8, 4) is 0 Å². The molecule has 0 aliphatic heterocycles. The van der Waals surface area contributed by atoms with Crippen LogP contribution in [0.1, 0.15) is 27.2 Å². The highest BCUT2D eigenvalue weighted by Gasteiger charge is 1.79. The number of hydrogen-bond acceptors (Lipinski definition) is 1. The summed E-state index contributed by atoms with van der Waals surface area (Å²) in [6.45, 7) is 6.97. The number of amides is 1. The molecular weight excluding hydrogens is 114 g/mol. The van der Waals surface area contributed by atoms with Crippen LogP contribution in [0.4, 0.5) is 0 Å². The maximum Gasteiger partial charge on any atom is 0.209 e. The van der Waals surface area contributed by atoms with Crippen molar-refractivity contribution in [2.45, 2.75) is 27.2 Å². The summed E-state index contributed by atoms with van der Waals surface area (Å²) in [6, 6.07) is 0. The molecule has 0 heterocycles. The van der Waals surface area contributed by atoms with E-state index >= 15 is 0 Å². The molecule has 0 unspecified atom stereocenters. The third-order valence-electron chi connectivity index (χ3n) is 0.679. The van der Waals surface area contributed by atoms with Crippen molar-refractivity contribution in [2.24, 2.45) is 0 Å². The molecule has 2 heteroatoms. The Hall–Kier alpha value is -0.530. The molecule has 0 saturated carbocycles. The molecule has 0 aromatic carbocycles. The lowest BCUT2D eigenvalue weighted by molar-refractivity contribution is -0.116. The van der Waals surface area contributed by atoms with E-state index in [-0.39, 0.29) is 0 Å². The van der Waals surface area contributed by atoms with Gasteiger partial charge in [-0.15, -0.1) is 0 Å². The van der Waals surface area contributed by atoms with Crippen LogP contribution in [0.15, 0.2) is 0 Å². The van der Waals surface area contributed by atoms with Gasteiger partial charge in [-0.05, 0) is 6.92 Å². The Morgan fingerprint density at radius 2 is 1.67 bits per heavy atom. The fourth-order valence-electron chi connectivity index (χ4n) is 0.0745. The first-order valence-corrected chi connectivity index (χ1v) is 3.38. The second-order valence-electron chi connectivity index (χ2n) is 1.89. The molecule has 0 saturated heterocycles. The van der Waals surface area contributed by atoms with Gasteiger partial charge in [0.25, 0.3) is 0 Å². The van der Waals surface area contributed by atoms with Gasteiger partial charge in [-0.25, -0.2) is 0 Å². The molecule has 0 fully saturated rings. The van der Waals surface area contributed by atoms with Crippen LogP contribution in [0, 0.1) is 0 Å². The molecule has 0 aromatic heterocycles. The van der Waals surface area contributed by atoms with Crippen molar-refractivity contribution in [3.05, 3.63) is 0 Å². The van der Waals surface area contributed by atoms with E-state index in [9.17, 15) is 4.79 Å². The van der Waals surface area contributed by atoms with Crippen molar-refractivity contribution in [2.75, 3.05) is 13.6 Å². The van der Waals surface area contributed by atoms with Crippen molar-refractivity contribution < 1.29 is 4.79 Å². The first kappa shape index (κ1) is 11.3. The number of nitrogens with zero attached hydrogens (tertiary/aromatic N) is 1. The van der Waals surface area contributed by atoms with Crippen molar-refractivity contribution >= 4 is 6.41 Å². The topological polar surface area (TPSA) is 20.3 Å². The second-order valence-corrected chi connectivity index (χ2v) is 1.89. The number of rotatable bonds is 2. The molecule has 0 spiro atoms. The molecule has 0 aliphatic carbocycles. The van der Waals surface area contributed by atoms with Gasteiger partial charge >= 0.3 is 0 Å². The summed E-state index contributed by atoms with van der Waals surface area (Å²) in [4.78, 5) is 11.2. The lowest BCUT2D eigenvalue weighted by Gasteiger charge is -2.01. The summed E-state index contributed by atoms with van der Waals surface area (Å²) in [5.41, 5.74) is 0. The second kappa shape index (κ2) is 10.5. The summed E-state index contributed by atoms with van der Waals surface area (Å²) in [5.74, 6) is 0. The average Bonchev–Trinajstić information content (AvgIpc) is 1.88. The molecule has 2 nitrogen and oxygen atoms in total. The summed E-state index contributed by atoms with van der Waals surface area (Å²) in [7, 11) is 1.74. The summed E-state index contributed by atoms with van der Waals surface area (Å²) in [5, 5.41) is 0. The Bertz CT molecular complexity index is 54.9. The minimum absolute atomic E-state index is 0.795. The lowest BCUT2D eigenvalue weighted by atomic mass is 10.6. The Morgan fingerprint density at radius 3 is 1.67 bits per heavy atom. The minimum Gasteiger partial charge on any atom is -0.349 e. The summed E-state index contributed by atoms with van der Waals surface area (Å²) < 4.78 is 0. The van der Waals surface area contributed by atoms with Crippen LogP contribution in [0.3, 0.4) is 0 Å². The van der Waals surface area contributed by atoms with Gasteiger partial charge in [-0.2, -0.15) is 0 Å². The first-order chi connectivity index (χ1) is 4.22. The van der Waals surface area contributed by atoms with Crippen molar-refractivity contribution in [3.63, 3.8) is 0 Å². The SMILES string of the molecule is CCC.CCN(C)C=O. The zero-order valence-electron chi connectivity index (χ0n) is 6.85. The molecule has 1 amide bonds. The van der Waals surface area contributed by atoms with Crippen molar-refractivity contribution in [1.29, 1.82) is 0 Å². The minimum atomic E-state index is 0.795. The molecule has 0 radical (unpaired) electrons. The summed E-state index contributed by atoms with van der Waals surface area (Å²) in [6.07, 6.45) is 2.06. The summed E-state index contributed by atoms with van der Waals surface area (Å²) >= 11 is 0. The lowest BCUT2D eigenvalue weighted by Crippen LogP contribution is -2.13. The highest BCUT2D eigenvalue weighted by Crippen LogP contribution is 1.66. The van der Waals surface area contributed by atoms with Gasteiger partial charge in [-0.3, -0.25) is 4.79 Å². The van der Waals surface area contributed by atoms with Crippen LogP contribution in [-0.4, -0.2) is 24.9 Å². The molecule has 0 aromatic rings. The average molecular weight is 131 g/mol. The molecular formula is C7H17NO. The number of carbonyl (C=O) groups is 1. The quantitative estimate of drug-likeness (QED) is 0.520. The fraction of sp³-hybridized carbons (Fsp3) is 0.857. The Kier molecular flexibility index (Phi) is 13.1. The maximum atomic E-state index is 9.66. The van der Waals surface area contributed by atoms with Gasteiger partial charge in [0, 0.05) is 13.6 Å². The smallest absolute Gasteiger partial charge is 0.209 e. The molecule has 0 aliphatic rings. The molecule has 0 rings (SSSR count). The Labute approximate surface area is 57.9 Å². The van der Waals surface area contributed by atoms with E-state index in [1.165, 1.54) is 6.42 Å². The van der Waals surface area contributed by atoms with Gasteiger partial charge in [-0.1, -0.05) is 20.3 Å². The van der Waals surface area contributed by atoms with Gasteiger partial charge in [0.1, 0.15) is 0 Å². The number of carbonyl (C=O) groups excluding carboxylic acids is 1. The van der Waals surface area contributed by atoms with Crippen LogP contribution in [0.2, 0.25) is 0 Å². The Morgan fingerprint density at radius 1 is 1.33 bits per heavy atom. The third-order valence-corrected chi connectivity index (χ3v) is 0.679. The monoisotopic (exact) mass is 131 g/mol. The zero-order chi connectivity index (χ0) is 7.70. The van der Waals surface area contributed by atoms with E-state index in [0.717, 1.165) is 13.0 Å². The molecule has 56 valence electrons. The highest BCUT2D eigenvalue weighted by molar-refractivity contribution is 5.45. The van der Waals surface area contributed by atoms with Crippen molar-refractivity contribution in [1.82, 2.24) is 4.90 Å². The van der Waals surface area contributed by atoms with Gasteiger partial charge in [0.15, 0.2) is 0 Å². The van der Waals surface area contributed by atoms with Crippen LogP contribution >= 0.6 is 0 Å². The fourth-order valence-corrected chi connectivity index (χ4v) is 0.0745. The highest BCUT2D eigenvalue weighted by atomic mass is 16.1. The predicted octanol–water partition coefficient (Wildman–Crippen LogP) is 1.51. The standard InChI is InChI=1S/C4H9NO.C3H8/c1-3-5(2)4-6;1-3-2/h4H,3H2,1-2H3;3H2,1-2H3. The predicted molar refractivity (Wildman–Crippen MR) is 40.3 cm³/mol. The molecule has 9 heavy (non-hydrogen) atoms. The van der Waals surface area contributed by atoms with Crippen LogP contribution in [0.25, 0.3) is 0 Å². The van der Waals surface area contributed by atoms with E-state index in [0.29, 0.717) is 0 Å². The number of hydrogen-bond donors (Lipinski definition) is 0. The van der Waals surface area contributed by atoms with Gasteiger partial charge in [0.05, 0.1) is 0 Å². The maximum absolute atomic E-state index is 9.66. The largest absolute Gasteiger partial charge is 0.349 e. The van der Waals surface area contributed by atoms with E-state index in [1.807, 2.05) is 6.92 Å². The van der Waals surface area contributed by atoms with E-state index in [2.05, 4.69) is 13.8 Å². The zero-order valence-corrected chi connectivity index (χ0v) is 6.85. The van der Waals surface area contributed by atoms with Crippen LogP contribution < -0.4 is 0 Å². The van der Waals surface area contributed by atoms with Gasteiger partial charge < -0.3 is 4.90 Å². The van der Waals surface area contributed by atoms with Crippen LogP contribution in [0.5, 0.6) is 0 Å². The first-order valence-electron chi connectivity index (χ1n) is 3.38. The molecule has 0 atom stereocenters.